The van der Waals surface area contributed by atoms with Gasteiger partial charge in [-0.25, -0.2) is 4.98 Å². The average molecular weight is 302 g/mol. The number of aromatic nitrogens is 1. The van der Waals surface area contributed by atoms with E-state index in [1.54, 1.807) is 7.05 Å². The second-order valence-corrected chi connectivity index (χ2v) is 5.49. The molecular formula is C14H21F3N4. The fourth-order valence-electron chi connectivity index (χ4n) is 2.56. The minimum atomic E-state index is -4.36. The molecule has 1 fully saturated rings. The van der Waals surface area contributed by atoms with Gasteiger partial charge in [0.05, 0.1) is 5.56 Å². The van der Waals surface area contributed by atoms with Crippen LogP contribution in [0.3, 0.4) is 0 Å². The Kier molecular flexibility index (Phi) is 4.61. The molecule has 0 unspecified atom stereocenters. The van der Waals surface area contributed by atoms with E-state index in [1.807, 2.05) is 11.9 Å². The number of likely N-dealkylation sites (tertiary alicyclic amines) is 1. The number of alkyl halides is 3. The Morgan fingerprint density at radius 1 is 1.29 bits per heavy atom. The van der Waals surface area contributed by atoms with E-state index in [0.29, 0.717) is 5.82 Å². The van der Waals surface area contributed by atoms with Gasteiger partial charge in [0, 0.05) is 20.1 Å². The molecule has 4 nitrogen and oxygen atoms in total. The number of nitrogens with zero attached hydrogens (tertiary/aromatic N) is 3. The second kappa shape index (κ2) is 6.09. The van der Waals surface area contributed by atoms with Crippen molar-refractivity contribution in [3.05, 3.63) is 17.7 Å². The molecular weight excluding hydrogens is 281 g/mol. The average Bonchev–Trinajstić information content (AvgIpc) is 2.46. The Morgan fingerprint density at radius 3 is 2.43 bits per heavy atom. The number of pyridine rings is 1. The van der Waals surface area contributed by atoms with Crippen LogP contribution in [0.15, 0.2) is 12.1 Å². The van der Waals surface area contributed by atoms with Crippen LogP contribution < -0.4 is 10.2 Å². The van der Waals surface area contributed by atoms with Crippen LogP contribution in [0.2, 0.25) is 0 Å². The lowest BCUT2D eigenvalue weighted by Crippen LogP contribution is -2.42. The van der Waals surface area contributed by atoms with E-state index in [1.165, 1.54) is 0 Å². The van der Waals surface area contributed by atoms with Crippen LogP contribution in [0.5, 0.6) is 0 Å². The van der Waals surface area contributed by atoms with Crippen molar-refractivity contribution < 1.29 is 13.2 Å². The molecule has 0 atom stereocenters. The standard InChI is InChI=1S/C14H21F3N4/c1-18-12-8-10(14(15,16)17)9-13(19-12)21(3)11-4-6-20(2)7-5-11/h8-9,11H,4-7H2,1-3H3,(H,18,19). The fraction of sp³-hybridized carbons (Fsp3) is 0.643. The normalized spacial score (nSPS) is 17.8. The van der Waals surface area contributed by atoms with E-state index in [-0.39, 0.29) is 11.9 Å². The Hall–Kier alpha value is -1.50. The van der Waals surface area contributed by atoms with E-state index < -0.39 is 11.7 Å². The van der Waals surface area contributed by atoms with Gasteiger partial charge in [-0.1, -0.05) is 0 Å². The highest BCUT2D eigenvalue weighted by Gasteiger charge is 2.32. The molecule has 0 aliphatic carbocycles. The van der Waals surface area contributed by atoms with E-state index in [2.05, 4.69) is 22.2 Å². The Morgan fingerprint density at radius 2 is 1.90 bits per heavy atom. The summed E-state index contributed by atoms with van der Waals surface area (Å²) in [5, 5.41) is 2.70. The fourth-order valence-corrected chi connectivity index (χ4v) is 2.56. The molecule has 2 heterocycles. The predicted molar refractivity (Wildman–Crippen MR) is 77.7 cm³/mol. The maximum Gasteiger partial charge on any atom is 0.416 e. The third-order valence-corrected chi connectivity index (χ3v) is 3.99. The van der Waals surface area contributed by atoms with Gasteiger partial charge in [-0.05, 0) is 45.1 Å². The summed E-state index contributed by atoms with van der Waals surface area (Å²) in [6.45, 7) is 1.90. The molecule has 2 rings (SSSR count). The van der Waals surface area contributed by atoms with Crippen LogP contribution >= 0.6 is 0 Å². The monoisotopic (exact) mass is 302 g/mol. The molecule has 7 heteroatoms. The van der Waals surface area contributed by atoms with Gasteiger partial charge >= 0.3 is 6.18 Å². The first-order chi connectivity index (χ1) is 9.81. The number of rotatable bonds is 3. The Bertz CT molecular complexity index is 482. The lowest BCUT2D eigenvalue weighted by molar-refractivity contribution is -0.137. The van der Waals surface area contributed by atoms with E-state index in [9.17, 15) is 13.2 Å². The van der Waals surface area contributed by atoms with Gasteiger partial charge in [0.2, 0.25) is 0 Å². The quantitative estimate of drug-likeness (QED) is 0.930. The first-order valence-electron chi connectivity index (χ1n) is 6.99. The molecule has 0 radical (unpaired) electrons. The second-order valence-electron chi connectivity index (χ2n) is 5.49. The highest BCUT2D eigenvalue weighted by atomic mass is 19.4. The molecule has 0 spiro atoms. The molecule has 0 bridgehead atoms. The lowest BCUT2D eigenvalue weighted by Gasteiger charge is -2.36. The van der Waals surface area contributed by atoms with Gasteiger partial charge in [0.15, 0.2) is 0 Å². The number of halogens is 3. The highest BCUT2D eigenvalue weighted by Crippen LogP contribution is 2.33. The van der Waals surface area contributed by atoms with Gasteiger partial charge in [-0.3, -0.25) is 0 Å². The van der Waals surface area contributed by atoms with Crippen LogP contribution in [0.4, 0.5) is 24.8 Å². The van der Waals surface area contributed by atoms with Crippen molar-refractivity contribution in [2.24, 2.45) is 0 Å². The van der Waals surface area contributed by atoms with E-state index >= 15 is 0 Å². The summed E-state index contributed by atoms with van der Waals surface area (Å²) in [6.07, 6.45) is -2.50. The lowest BCUT2D eigenvalue weighted by atomic mass is 10.0. The highest BCUT2D eigenvalue weighted by molar-refractivity contribution is 5.51. The summed E-state index contributed by atoms with van der Waals surface area (Å²) in [4.78, 5) is 8.35. The molecule has 1 aromatic heterocycles. The number of hydrogen-bond donors (Lipinski definition) is 1. The molecule has 118 valence electrons. The molecule has 0 amide bonds. The van der Waals surface area contributed by atoms with Gasteiger partial charge in [-0.15, -0.1) is 0 Å². The third-order valence-electron chi connectivity index (χ3n) is 3.99. The largest absolute Gasteiger partial charge is 0.416 e. The first-order valence-corrected chi connectivity index (χ1v) is 6.99. The third kappa shape index (κ3) is 3.78. The van der Waals surface area contributed by atoms with Gasteiger partial charge in [0.1, 0.15) is 11.6 Å². The summed E-state index contributed by atoms with van der Waals surface area (Å²) < 4.78 is 38.9. The minimum absolute atomic E-state index is 0.224. The van der Waals surface area contributed by atoms with Gasteiger partial charge in [-0.2, -0.15) is 13.2 Å². The topological polar surface area (TPSA) is 31.4 Å². The minimum Gasteiger partial charge on any atom is -0.373 e. The van der Waals surface area contributed by atoms with Crippen LogP contribution in [0.1, 0.15) is 18.4 Å². The van der Waals surface area contributed by atoms with Crippen molar-refractivity contribution in [2.45, 2.75) is 25.1 Å². The van der Waals surface area contributed by atoms with E-state index in [0.717, 1.165) is 38.1 Å². The van der Waals surface area contributed by atoms with Crippen molar-refractivity contribution in [3.8, 4) is 0 Å². The van der Waals surface area contributed by atoms with Gasteiger partial charge in [0.25, 0.3) is 0 Å². The van der Waals surface area contributed by atoms with Crippen molar-refractivity contribution in [1.29, 1.82) is 0 Å². The summed E-state index contributed by atoms with van der Waals surface area (Å²) >= 11 is 0. The summed E-state index contributed by atoms with van der Waals surface area (Å²) in [7, 11) is 5.44. The van der Waals surface area contributed by atoms with E-state index in [4.69, 9.17) is 0 Å². The molecule has 1 aliphatic rings. The molecule has 1 aliphatic heterocycles. The Labute approximate surface area is 122 Å². The van der Waals surface area contributed by atoms with Gasteiger partial charge < -0.3 is 15.1 Å². The number of nitrogens with one attached hydrogen (secondary N) is 1. The maximum atomic E-state index is 13.0. The molecule has 0 aromatic carbocycles. The zero-order chi connectivity index (χ0) is 15.6. The summed E-state index contributed by atoms with van der Waals surface area (Å²) in [5.41, 5.74) is -0.670. The van der Waals surface area contributed by atoms with Crippen LogP contribution in [-0.4, -0.2) is 50.2 Å². The van der Waals surface area contributed by atoms with Crippen LogP contribution in [0.25, 0.3) is 0 Å². The van der Waals surface area contributed by atoms with Crippen molar-refractivity contribution in [1.82, 2.24) is 9.88 Å². The van der Waals surface area contributed by atoms with Crippen molar-refractivity contribution in [2.75, 3.05) is 44.4 Å². The maximum absolute atomic E-state index is 13.0. The first kappa shape index (κ1) is 15.9. The summed E-state index contributed by atoms with van der Waals surface area (Å²) in [5.74, 6) is 0.600. The molecule has 0 saturated carbocycles. The predicted octanol–water partition coefficient (Wildman–Crippen LogP) is 2.67. The number of hydrogen-bond acceptors (Lipinski definition) is 4. The van der Waals surface area contributed by atoms with Crippen molar-refractivity contribution in [3.63, 3.8) is 0 Å². The van der Waals surface area contributed by atoms with Crippen LogP contribution in [0, 0.1) is 0 Å². The SMILES string of the molecule is CNc1cc(C(F)(F)F)cc(N(C)C2CCN(C)CC2)n1. The molecule has 1 saturated heterocycles. The number of piperidine rings is 1. The molecule has 1 aromatic rings. The zero-order valence-corrected chi connectivity index (χ0v) is 12.5. The Balaban J connectivity index is 2.25. The molecule has 21 heavy (non-hydrogen) atoms. The zero-order valence-electron chi connectivity index (χ0n) is 12.5. The van der Waals surface area contributed by atoms with Crippen LogP contribution in [-0.2, 0) is 6.18 Å². The number of anilines is 2. The smallest absolute Gasteiger partial charge is 0.373 e. The molecule has 1 N–H and O–H groups in total. The van der Waals surface area contributed by atoms with Crippen molar-refractivity contribution >= 4 is 11.6 Å². The summed E-state index contributed by atoms with van der Waals surface area (Å²) in [6, 6.07) is 2.38.